The highest BCUT2D eigenvalue weighted by molar-refractivity contribution is 5.30. The molecule has 4 aliphatic carbocycles. The molecule has 36 heavy (non-hydrogen) atoms. The van der Waals surface area contributed by atoms with Crippen molar-refractivity contribution in [3.8, 4) is 0 Å². The van der Waals surface area contributed by atoms with E-state index in [9.17, 15) is 5.11 Å². The van der Waals surface area contributed by atoms with Gasteiger partial charge in [0, 0.05) is 23.7 Å². The van der Waals surface area contributed by atoms with Gasteiger partial charge in [-0.3, -0.25) is 0 Å². The van der Waals surface area contributed by atoms with Crippen LogP contribution in [0.4, 0.5) is 0 Å². The lowest BCUT2D eigenvalue weighted by molar-refractivity contribution is -0.788. The van der Waals surface area contributed by atoms with Gasteiger partial charge in [-0.1, -0.05) is 55.4 Å². The van der Waals surface area contributed by atoms with Crippen LogP contribution >= 0.6 is 0 Å². The third kappa shape index (κ3) is 2.74. The average Bonchev–Trinajstić information content (AvgIpc) is 3.02. The minimum atomic E-state index is -0.0961. The van der Waals surface area contributed by atoms with Crippen molar-refractivity contribution in [3.05, 3.63) is 0 Å². The summed E-state index contributed by atoms with van der Waals surface area (Å²) in [5.74, 6) is 2.11. The third-order valence-electron chi connectivity index (χ3n) is 16.0. The van der Waals surface area contributed by atoms with Gasteiger partial charge in [0.05, 0.1) is 18.2 Å². The number of aliphatic hydroxyl groups excluding tert-OH is 1. The molecule has 6 aliphatic rings. The van der Waals surface area contributed by atoms with Gasteiger partial charge in [0.15, 0.2) is 0 Å². The van der Waals surface area contributed by atoms with E-state index in [2.05, 4.69) is 67.6 Å². The molecular formula is C32H56ClNO2. The van der Waals surface area contributed by atoms with E-state index in [4.69, 9.17) is 4.74 Å². The lowest BCUT2D eigenvalue weighted by atomic mass is 9.31. The number of ether oxygens (including phenoxy) is 1. The zero-order valence-corrected chi connectivity index (χ0v) is 25.7. The molecule has 0 bridgehead atoms. The highest BCUT2D eigenvalue weighted by Gasteiger charge is 2.84. The van der Waals surface area contributed by atoms with Gasteiger partial charge in [-0.05, 0) is 97.7 Å². The Labute approximate surface area is 228 Å². The first-order valence-corrected chi connectivity index (χ1v) is 15.3. The van der Waals surface area contributed by atoms with Crippen molar-refractivity contribution in [2.45, 2.75) is 144 Å². The van der Waals surface area contributed by atoms with Gasteiger partial charge in [-0.2, -0.15) is 0 Å². The molecule has 6 fully saturated rings. The van der Waals surface area contributed by atoms with Crippen molar-refractivity contribution in [3.63, 3.8) is 0 Å². The van der Waals surface area contributed by atoms with Crippen LogP contribution in [0, 0.1) is 50.2 Å². The Morgan fingerprint density at radius 2 is 1.47 bits per heavy atom. The summed E-state index contributed by atoms with van der Waals surface area (Å²) in [4.78, 5) is 0. The summed E-state index contributed by atoms with van der Waals surface area (Å²) in [7, 11) is 0. The number of hydrogen-bond donors (Lipinski definition) is 2. The van der Waals surface area contributed by atoms with E-state index >= 15 is 0 Å². The fraction of sp³-hybridized carbons (Fsp3) is 1.00. The lowest BCUT2D eigenvalue weighted by Gasteiger charge is -2.73. The Balaban J connectivity index is 0.00000267. The molecule has 4 saturated carbocycles. The molecule has 0 aromatic rings. The van der Waals surface area contributed by atoms with Gasteiger partial charge >= 0.3 is 0 Å². The maximum Gasteiger partial charge on any atom is 0.203 e. The molecular weight excluding hydrogens is 466 g/mol. The third-order valence-corrected chi connectivity index (χ3v) is 16.0. The minimum Gasteiger partial charge on any atom is -1.00 e. The second kappa shape index (κ2) is 7.67. The second-order valence-corrected chi connectivity index (χ2v) is 16.5. The van der Waals surface area contributed by atoms with Crippen LogP contribution < -0.4 is 17.7 Å². The van der Waals surface area contributed by atoms with Crippen molar-refractivity contribution in [2.75, 3.05) is 6.54 Å². The number of hydrogen-bond acceptors (Lipinski definition) is 2. The number of fused-ring (bicyclic) bond motifs is 7. The molecule has 0 radical (unpaired) electrons. The summed E-state index contributed by atoms with van der Waals surface area (Å²) in [6.07, 6.45) is 12.1. The highest BCUT2D eigenvalue weighted by Crippen LogP contribution is 2.85. The second-order valence-electron chi connectivity index (χ2n) is 16.5. The van der Waals surface area contributed by atoms with Gasteiger partial charge in [-0.15, -0.1) is 0 Å². The summed E-state index contributed by atoms with van der Waals surface area (Å²) in [6, 6.07) is 0. The van der Waals surface area contributed by atoms with Gasteiger partial charge in [0.2, 0.25) is 5.72 Å². The normalized spacial score (nSPS) is 64.2. The number of piperidine rings is 1. The van der Waals surface area contributed by atoms with E-state index in [0.717, 1.165) is 24.7 Å². The van der Waals surface area contributed by atoms with E-state index in [1.54, 1.807) is 0 Å². The number of quaternary nitrogens is 1. The van der Waals surface area contributed by atoms with Crippen LogP contribution in [-0.4, -0.2) is 29.1 Å². The molecule has 0 amide bonds. The maximum atomic E-state index is 10.7. The van der Waals surface area contributed by atoms with Gasteiger partial charge in [0.1, 0.15) is 0 Å². The molecule has 3 N–H and O–H groups in total. The fourth-order valence-electron chi connectivity index (χ4n) is 13.1. The predicted molar refractivity (Wildman–Crippen MR) is 142 cm³/mol. The van der Waals surface area contributed by atoms with E-state index in [-0.39, 0.29) is 46.1 Å². The van der Waals surface area contributed by atoms with Crippen molar-refractivity contribution >= 4 is 0 Å². The Kier molecular flexibility index (Phi) is 5.91. The predicted octanol–water partition coefficient (Wildman–Crippen LogP) is 3.30. The highest BCUT2D eigenvalue weighted by atomic mass is 35.5. The summed E-state index contributed by atoms with van der Waals surface area (Å²) >= 11 is 0. The average molecular weight is 522 g/mol. The summed E-state index contributed by atoms with van der Waals surface area (Å²) in [6.45, 7) is 24.7. The number of halogens is 1. The molecule has 208 valence electrons. The Morgan fingerprint density at radius 1 is 0.778 bits per heavy atom. The molecule has 1 unspecified atom stereocenters. The van der Waals surface area contributed by atoms with Crippen LogP contribution in [0.3, 0.4) is 0 Å². The molecule has 2 aliphatic heterocycles. The summed E-state index contributed by atoms with van der Waals surface area (Å²) < 4.78 is 7.48. The number of rotatable bonds is 0. The quantitative estimate of drug-likeness (QED) is 0.514. The lowest BCUT2D eigenvalue weighted by Crippen LogP contribution is -3.01. The fourth-order valence-corrected chi connectivity index (χ4v) is 13.1. The van der Waals surface area contributed by atoms with Crippen LogP contribution in [0.1, 0.15) is 127 Å². The standard InChI is InChI=1S/C32H55NO2.ClH/c1-21-10-15-32(33-19-21)22(2)31(9)29(7)17-16-26(4)24(27(29,5)20-30(31,8)35-32)12-13-25(3)18-23(34)11-14-28(25,26)6;/h21-24,33-34H,10-20H2,1-9H3;1H/t21-,22-,23-,24?,25+,26+,27+,28-,29-,30+,31+,32-;/m0./s1. The maximum absolute atomic E-state index is 10.7. The largest absolute Gasteiger partial charge is 1.00 e. The van der Waals surface area contributed by atoms with Gasteiger partial charge in [0.25, 0.3) is 0 Å². The smallest absolute Gasteiger partial charge is 0.203 e. The first-order chi connectivity index (χ1) is 16.1. The molecule has 0 aromatic heterocycles. The summed E-state index contributed by atoms with van der Waals surface area (Å²) in [5, 5.41) is 13.3. The first-order valence-electron chi connectivity index (χ1n) is 15.3. The zero-order valence-electron chi connectivity index (χ0n) is 24.9. The Bertz CT molecular complexity index is 918. The van der Waals surface area contributed by atoms with Crippen LogP contribution in [-0.2, 0) is 4.74 Å². The van der Waals surface area contributed by atoms with E-state index < -0.39 is 0 Å². The molecule has 3 nitrogen and oxygen atoms in total. The van der Waals surface area contributed by atoms with Gasteiger partial charge in [-0.25, -0.2) is 0 Å². The van der Waals surface area contributed by atoms with E-state index in [0.29, 0.717) is 22.2 Å². The minimum absolute atomic E-state index is 0. The van der Waals surface area contributed by atoms with Crippen LogP contribution in [0.5, 0.6) is 0 Å². The summed E-state index contributed by atoms with van der Waals surface area (Å²) in [5.41, 5.74) is 1.63. The Hall–Kier alpha value is 0.170. The number of nitrogens with two attached hydrogens (primary N) is 1. The molecule has 2 saturated heterocycles. The number of aliphatic hydroxyl groups is 1. The molecule has 6 rings (SSSR count). The van der Waals surface area contributed by atoms with Crippen LogP contribution in [0.25, 0.3) is 0 Å². The van der Waals surface area contributed by atoms with Crippen molar-refractivity contribution in [1.82, 2.24) is 0 Å². The Morgan fingerprint density at radius 3 is 2.11 bits per heavy atom. The molecule has 1 spiro atoms. The van der Waals surface area contributed by atoms with E-state index in [1.165, 1.54) is 57.9 Å². The van der Waals surface area contributed by atoms with E-state index in [1.807, 2.05) is 0 Å². The molecule has 2 heterocycles. The van der Waals surface area contributed by atoms with Crippen LogP contribution in [0.15, 0.2) is 0 Å². The van der Waals surface area contributed by atoms with Crippen molar-refractivity contribution < 1.29 is 27.6 Å². The zero-order chi connectivity index (χ0) is 25.5. The molecule has 12 atom stereocenters. The monoisotopic (exact) mass is 521 g/mol. The van der Waals surface area contributed by atoms with Crippen molar-refractivity contribution in [2.24, 2.45) is 50.2 Å². The SMILES string of the molecule is C[C@H]1CC[C@]2([NH2+]C1)O[C@]1(C)C[C@]3(C)C4CC[C@]5(C)C[C@@H](O)CC[C@]5(C)[C@]4(C)CC[C@]3(C)[C@@]1(C)[C@@H]2C.[Cl-]. The first kappa shape index (κ1) is 27.7. The van der Waals surface area contributed by atoms with Gasteiger partial charge < -0.3 is 27.6 Å². The topological polar surface area (TPSA) is 46.1 Å². The molecule has 0 aromatic carbocycles. The van der Waals surface area contributed by atoms with Crippen molar-refractivity contribution in [1.29, 1.82) is 0 Å². The van der Waals surface area contributed by atoms with Crippen LogP contribution in [0.2, 0.25) is 0 Å². The molecule has 4 heteroatoms.